The number of esters is 1. The Kier molecular flexibility index (Phi) is 6.41. The molecule has 0 aliphatic carbocycles. The number of hydrogen-bond acceptors (Lipinski definition) is 4. The number of hydrogen-bond donors (Lipinski definition) is 2. The first-order chi connectivity index (χ1) is 11.4. The van der Waals surface area contributed by atoms with E-state index in [9.17, 15) is 14.7 Å². The Morgan fingerprint density at radius 3 is 1.92 bits per heavy atom. The van der Waals surface area contributed by atoms with Crippen molar-refractivity contribution in [1.82, 2.24) is 0 Å². The summed E-state index contributed by atoms with van der Waals surface area (Å²) in [5, 5.41) is 13.4. The first kappa shape index (κ1) is 20.7. The van der Waals surface area contributed by atoms with Gasteiger partial charge in [-0.3, -0.25) is 4.79 Å². The van der Waals surface area contributed by atoms with E-state index in [2.05, 4.69) is 5.32 Å². The highest BCUT2D eigenvalue weighted by Gasteiger charge is 2.26. The highest BCUT2D eigenvalue weighted by atomic mass is 16.5. The Balaban J connectivity index is 3.20. The van der Waals surface area contributed by atoms with Gasteiger partial charge in [0, 0.05) is 29.0 Å². The summed E-state index contributed by atoms with van der Waals surface area (Å²) in [4.78, 5) is 23.4. The first-order valence-electron chi connectivity index (χ1n) is 8.40. The number of ether oxygens (including phenoxy) is 1. The monoisotopic (exact) mass is 347 g/mol. The van der Waals surface area contributed by atoms with Crippen molar-refractivity contribution in [2.45, 2.75) is 59.3 Å². The molecular formula is C20H29NO4. The quantitative estimate of drug-likeness (QED) is 0.489. The maximum atomic E-state index is 12.1. The minimum absolute atomic E-state index is 0.250. The Bertz CT molecular complexity index is 641. The average molecular weight is 347 g/mol. The van der Waals surface area contributed by atoms with E-state index in [1.54, 1.807) is 19.1 Å². The van der Waals surface area contributed by atoms with E-state index in [1.165, 1.54) is 0 Å². The zero-order chi connectivity index (χ0) is 19.4. The molecule has 1 rings (SSSR count). The largest absolute Gasteiger partial charge is 0.507 e. The molecule has 0 bridgehead atoms. The fraction of sp³-hybridized carbons (Fsp3) is 0.500. The number of phenols is 1. The molecule has 0 aliphatic heterocycles. The summed E-state index contributed by atoms with van der Waals surface area (Å²) in [6.45, 7) is 14.0. The number of rotatable bonds is 4. The summed E-state index contributed by atoms with van der Waals surface area (Å²) in [7, 11) is 0. The normalized spacial score (nSPS) is 12.3. The van der Waals surface area contributed by atoms with Gasteiger partial charge in [0.1, 0.15) is 5.75 Å². The third-order valence-electron chi connectivity index (χ3n) is 3.65. The summed E-state index contributed by atoms with van der Waals surface area (Å²) < 4.78 is 4.75. The van der Waals surface area contributed by atoms with Gasteiger partial charge >= 0.3 is 5.97 Å². The van der Waals surface area contributed by atoms with E-state index in [0.717, 1.165) is 23.3 Å². The Morgan fingerprint density at radius 1 is 1.04 bits per heavy atom. The SMILES string of the molecule is CCOC(=O)C=CC(=O)Nc1cc(C(C)(C)C)c(O)c(C(C)(C)C)c1. The lowest BCUT2D eigenvalue weighted by molar-refractivity contribution is -0.137. The summed E-state index contributed by atoms with van der Waals surface area (Å²) in [5.74, 6) is -0.743. The molecule has 0 heterocycles. The lowest BCUT2D eigenvalue weighted by Crippen LogP contribution is -2.19. The zero-order valence-electron chi connectivity index (χ0n) is 16.2. The van der Waals surface area contributed by atoms with Gasteiger partial charge in [0.25, 0.3) is 0 Å². The van der Waals surface area contributed by atoms with Crippen LogP contribution in [0.25, 0.3) is 0 Å². The van der Waals surface area contributed by atoms with Crippen LogP contribution in [0.2, 0.25) is 0 Å². The van der Waals surface area contributed by atoms with Crippen molar-refractivity contribution in [2.75, 3.05) is 11.9 Å². The number of carbonyl (C=O) groups is 2. The standard InChI is InChI=1S/C20H29NO4/c1-8-25-17(23)10-9-16(22)21-13-11-14(19(2,3)4)18(24)15(12-13)20(5,6)7/h9-12,24H,8H2,1-7H3,(H,21,22). The fourth-order valence-corrected chi connectivity index (χ4v) is 2.37. The van der Waals surface area contributed by atoms with Gasteiger partial charge in [0.2, 0.25) is 5.91 Å². The molecule has 0 saturated heterocycles. The predicted octanol–water partition coefficient (Wildman–Crippen LogP) is 4.05. The molecule has 0 atom stereocenters. The van der Waals surface area contributed by atoms with Crippen LogP contribution in [0.15, 0.2) is 24.3 Å². The number of anilines is 1. The van der Waals surface area contributed by atoms with E-state index in [0.29, 0.717) is 5.69 Å². The molecule has 1 aromatic rings. The third kappa shape index (κ3) is 5.93. The number of phenolic OH excluding ortho intramolecular Hbond substituents is 1. The van der Waals surface area contributed by atoms with Crippen LogP contribution in [0.5, 0.6) is 5.75 Å². The molecular weight excluding hydrogens is 318 g/mol. The van der Waals surface area contributed by atoms with Crippen molar-refractivity contribution in [3.8, 4) is 5.75 Å². The number of benzene rings is 1. The molecule has 0 fully saturated rings. The molecule has 25 heavy (non-hydrogen) atoms. The summed E-state index contributed by atoms with van der Waals surface area (Å²) >= 11 is 0. The van der Waals surface area contributed by atoms with Gasteiger partial charge in [-0.25, -0.2) is 4.79 Å². The Morgan fingerprint density at radius 2 is 1.52 bits per heavy atom. The van der Waals surface area contributed by atoms with E-state index < -0.39 is 11.9 Å². The molecule has 0 radical (unpaired) electrons. The van der Waals surface area contributed by atoms with Crippen molar-refractivity contribution in [2.24, 2.45) is 0 Å². The van der Waals surface area contributed by atoms with Crippen molar-refractivity contribution in [3.05, 3.63) is 35.4 Å². The second kappa shape index (κ2) is 7.72. The maximum absolute atomic E-state index is 12.1. The first-order valence-corrected chi connectivity index (χ1v) is 8.40. The zero-order valence-corrected chi connectivity index (χ0v) is 16.2. The van der Waals surface area contributed by atoms with Gasteiger partial charge in [-0.2, -0.15) is 0 Å². The second-order valence-electron chi connectivity index (χ2n) is 7.99. The Hall–Kier alpha value is -2.30. The predicted molar refractivity (Wildman–Crippen MR) is 99.9 cm³/mol. The van der Waals surface area contributed by atoms with E-state index in [1.807, 2.05) is 41.5 Å². The highest BCUT2D eigenvalue weighted by Crippen LogP contribution is 2.40. The molecule has 5 nitrogen and oxygen atoms in total. The van der Waals surface area contributed by atoms with Gasteiger partial charge in [-0.1, -0.05) is 41.5 Å². The third-order valence-corrected chi connectivity index (χ3v) is 3.65. The molecule has 5 heteroatoms. The van der Waals surface area contributed by atoms with Crippen LogP contribution >= 0.6 is 0 Å². The molecule has 1 aromatic carbocycles. The molecule has 0 aliphatic rings. The number of nitrogens with one attached hydrogen (secondary N) is 1. The van der Waals surface area contributed by atoms with Crippen LogP contribution in [0.1, 0.15) is 59.6 Å². The molecule has 1 amide bonds. The van der Waals surface area contributed by atoms with Gasteiger partial charge in [-0.15, -0.1) is 0 Å². The summed E-state index contributed by atoms with van der Waals surface area (Å²) in [6.07, 6.45) is 2.23. The molecule has 0 aromatic heterocycles. The average Bonchev–Trinajstić information content (AvgIpc) is 2.44. The fourth-order valence-electron chi connectivity index (χ4n) is 2.37. The summed E-state index contributed by atoms with van der Waals surface area (Å²) in [5.41, 5.74) is 1.51. The van der Waals surface area contributed by atoms with Gasteiger partial charge < -0.3 is 15.2 Å². The van der Waals surface area contributed by atoms with Crippen LogP contribution in [0.4, 0.5) is 5.69 Å². The maximum Gasteiger partial charge on any atom is 0.330 e. The number of carbonyl (C=O) groups excluding carboxylic acids is 2. The minimum atomic E-state index is -0.561. The van der Waals surface area contributed by atoms with Gasteiger partial charge in [0.15, 0.2) is 0 Å². The smallest absolute Gasteiger partial charge is 0.330 e. The Labute approximate surface area is 150 Å². The molecule has 0 spiro atoms. The van der Waals surface area contributed by atoms with Crippen molar-refractivity contribution >= 4 is 17.6 Å². The van der Waals surface area contributed by atoms with Crippen LogP contribution in [-0.2, 0) is 25.2 Å². The van der Waals surface area contributed by atoms with Crippen LogP contribution in [0, 0.1) is 0 Å². The highest BCUT2D eigenvalue weighted by molar-refractivity contribution is 6.02. The van der Waals surface area contributed by atoms with E-state index in [-0.39, 0.29) is 23.2 Å². The van der Waals surface area contributed by atoms with Crippen molar-refractivity contribution in [1.29, 1.82) is 0 Å². The van der Waals surface area contributed by atoms with Crippen molar-refractivity contribution in [3.63, 3.8) is 0 Å². The molecule has 2 N–H and O–H groups in total. The van der Waals surface area contributed by atoms with E-state index >= 15 is 0 Å². The van der Waals surface area contributed by atoms with Gasteiger partial charge in [0.05, 0.1) is 6.61 Å². The lowest BCUT2D eigenvalue weighted by Gasteiger charge is -2.28. The topological polar surface area (TPSA) is 75.6 Å². The van der Waals surface area contributed by atoms with Crippen molar-refractivity contribution < 1.29 is 19.4 Å². The number of aromatic hydroxyl groups is 1. The van der Waals surface area contributed by atoms with Gasteiger partial charge in [-0.05, 0) is 29.9 Å². The number of amides is 1. The second-order valence-corrected chi connectivity index (χ2v) is 7.99. The van der Waals surface area contributed by atoms with E-state index in [4.69, 9.17) is 4.74 Å². The lowest BCUT2D eigenvalue weighted by atomic mass is 9.79. The molecule has 0 saturated carbocycles. The minimum Gasteiger partial charge on any atom is -0.507 e. The van der Waals surface area contributed by atoms with Crippen LogP contribution in [-0.4, -0.2) is 23.6 Å². The van der Waals surface area contributed by atoms with Crippen LogP contribution in [0.3, 0.4) is 0 Å². The van der Waals surface area contributed by atoms with Crippen LogP contribution < -0.4 is 5.32 Å². The molecule has 138 valence electrons. The summed E-state index contributed by atoms with van der Waals surface area (Å²) in [6, 6.07) is 3.53. The molecule has 0 unspecified atom stereocenters.